The molecule has 0 aromatic heterocycles. The van der Waals surface area contributed by atoms with Gasteiger partial charge in [0, 0.05) is 5.56 Å². The minimum Gasteiger partial charge on any atom is -0.488 e. The first-order valence-electron chi connectivity index (χ1n) is 8.51. The highest BCUT2D eigenvalue weighted by Gasteiger charge is 2.03. The van der Waals surface area contributed by atoms with Gasteiger partial charge in [-0.3, -0.25) is 5.43 Å². The largest absolute Gasteiger partial charge is 0.488 e. The van der Waals surface area contributed by atoms with Gasteiger partial charge in [0.05, 0.1) is 17.5 Å². The zero-order valence-electron chi connectivity index (χ0n) is 14.9. The Morgan fingerprint density at radius 3 is 2.63 bits per heavy atom. The van der Waals surface area contributed by atoms with Gasteiger partial charge in [-0.25, -0.2) is 4.79 Å². The summed E-state index contributed by atoms with van der Waals surface area (Å²) in [6.45, 7) is 2.52. The number of para-hydroxylation sites is 1. The Labute approximate surface area is 157 Å². The maximum Gasteiger partial charge on any atom is 0.335 e. The number of hydrogen-bond donors (Lipinski definition) is 2. The number of rotatable bonds is 7. The topological polar surface area (TPSA) is 70.9 Å². The molecule has 0 fully saturated rings. The van der Waals surface area contributed by atoms with Crippen LogP contribution in [-0.4, -0.2) is 17.3 Å². The smallest absolute Gasteiger partial charge is 0.335 e. The van der Waals surface area contributed by atoms with Crippen LogP contribution in [0.4, 0.5) is 5.69 Å². The number of nitrogens with zero attached hydrogens (tertiary/aromatic N) is 1. The Kier molecular flexibility index (Phi) is 5.84. The Bertz CT molecular complexity index is 950. The Morgan fingerprint density at radius 2 is 1.85 bits per heavy atom. The summed E-state index contributed by atoms with van der Waals surface area (Å²) in [6.07, 6.45) is 1.65. The van der Waals surface area contributed by atoms with Gasteiger partial charge in [-0.2, -0.15) is 5.10 Å². The van der Waals surface area contributed by atoms with E-state index in [0.29, 0.717) is 12.3 Å². The second kappa shape index (κ2) is 8.67. The molecule has 3 aromatic rings. The van der Waals surface area contributed by atoms with Crippen molar-refractivity contribution in [2.45, 2.75) is 13.5 Å². The van der Waals surface area contributed by atoms with Crippen molar-refractivity contribution >= 4 is 17.9 Å². The van der Waals surface area contributed by atoms with Crippen LogP contribution in [-0.2, 0) is 6.61 Å². The number of ether oxygens (including phenoxy) is 1. The average Bonchev–Trinajstić information content (AvgIpc) is 2.69. The molecule has 0 amide bonds. The molecule has 5 heteroatoms. The van der Waals surface area contributed by atoms with Crippen molar-refractivity contribution < 1.29 is 14.6 Å². The molecule has 0 atom stereocenters. The number of carboxylic acids is 1. The van der Waals surface area contributed by atoms with Gasteiger partial charge in [0.15, 0.2) is 0 Å². The lowest BCUT2D eigenvalue weighted by Crippen LogP contribution is -2.00. The number of hydrazone groups is 1. The number of nitrogens with one attached hydrogen (secondary N) is 1. The fraction of sp³-hybridized carbons (Fsp3) is 0.0909. The van der Waals surface area contributed by atoms with Gasteiger partial charge in [-0.15, -0.1) is 0 Å². The zero-order valence-corrected chi connectivity index (χ0v) is 14.9. The fourth-order valence-electron chi connectivity index (χ4n) is 2.46. The number of carboxylic acid groups (broad SMARTS) is 1. The van der Waals surface area contributed by atoms with Gasteiger partial charge in [-0.05, 0) is 42.8 Å². The number of benzene rings is 3. The van der Waals surface area contributed by atoms with Crippen molar-refractivity contribution in [1.82, 2.24) is 0 Å². The first-order valence-corrected chi connectivity index (χ1v) is 8.51. The van der Waals surface area contributed by atoms with E-state index in [1.807, 2.05) is 36.4 Å². The van der Waals surface area contributed by atoms with Gasteiger partial charge >= 0.3 is 5.97 Å². The van der Waals surface area contributed by atoms with Crippen LogP contribution < -0.4 is 10.2 Å². The lowest BCUT2D eigenvalue weighted by atomic mass is 10.1. The third-order valence-corrected chi connectivity index (χ3v) is 3.94. The van der Waals surface area contributed by atoms with Gasteiger partial charge < -0.3 is 9.84 Å². The summed E-state index contributed by atoms with van der Waals surface area (Å²) >= 11 is 0. The van der Waals surface area contributed by atoms with Crippen molar-refractivity contribution in [2.24, 2.45) is 5.10 Å². The molecule has 0 saturated heterocycles. The van der Waals surface area contributed by atoms with E-state index in [1.165, 1.54) is 17.7 Å². The molecular weight excluding hydrogens is 340 g/mol. The molecule has 5 nitrogen and oxygen atoms in total. The van der Waals surface area contributed by atoms with Crippen LogP contribution in [0, 0.1) is 6.92 Å². The highest BCUT2D eigenvalue weighted by atomic mass is 16.5. The molecule has 2 N–H and O–H groups in total. The third-order valence-electron chi connectivity index (χ3n) is 3.94. The lowest BCUT2D eigenvalue weighted by molar-refractivity contribution is 0.0697. The molecule has 0 bridgehead atoms. The van der Waals surface area contributed by atoms with E-state index in [-0.39, 0.29) is 5.56 Å². The van der Waals surface area contributed by atoms with Crippen molar-refractivity contribution in [3.05, 3.63) is 95.1 Å². The average molecular weight is 360 g/mol. The van der Waals surface area contributed by atoms with Crippen LogP contribution in [0.1, 0.15) is 27.0 Å². The summed E-state index contributed by atoms with van der Waals surface area (Å²) in [5, 5.41) is 13.2. The molecule has 0 radical (unpaired) electrons. The quantitative estimate of drug-likeness (QED) is 0.472. The standard InChI is InChI=1S/C22H20N2O3/c1-16-9-11-17(12-10-16)15-27-21-8-3-2-5-19(21)14-23-24-20-7-4-6-18(13-20)22(25)26/h2-14,24H,15H2,1H3,(H,25,26)/b23-14+. The molecule has 0 aliphatic rings. The molecule has 0 unspecified atom stereocenters. The van der Waals surface area contributed by atoms with Crippen molar-refractivity contribution in [3.8, 4) is 5.75 Å². The van der Waals surface area contributed by atoms with Crippen LogP contribution in [0.3, 0.4) is 0 Å². The lowest BCUT2D eigenvalue weighted by Gasteiger charge is -2.09. The van der Waals surface area contributed by atoms with E-state index >= 15 is 0 Å². The number of anilines is 1. The molecule has 3 aromatic carbocycles. The van der Waals surface area contributed by atoms with Crippen molar-refractivity contribution in [2.75, 3.05) is 5.43 Å². The number of aromatic carboxylic acids is 1. The van der Waals surface area contributed by atoms with Gasteiger partial charge in [-0.1, -0.05) is 48.0 Å². The summed E-state index contributed by atoms with van der Waals surface area (Å²) in [5.41, 5.74) is 6.78. The maximum absolute atomic E-state index is 11.0. The number of hydrogen-bond acceptors (Lipinski definition) is 4. The minimum atomic E-state index is -0.975. The van der Waals surface area contributed by atoms with Crippen molar-refractivity contribution in [3.63, 3.8) is 0 Å². The molecule has 0 heterocycles. The van der Waals surface area contributed by atoms with E-state index in [1.54, 1.807) is 18.3 Å². The van der Waals surface area contributed by atoms with E-state index < -0.39 is 5.97 Å². The van der Waals surface area contributed by atoms with Gasteiger partial charge in [0.1, 0.15) is 12.4 Å². The summed E-state index contributed by atoms with van der Waals surface area (Å²) in [4.78, 5) is 11.0. The zero-order chi connectivity index (χ0) is 19.1. The molecule has 3 rings (SSSR count). The summed E-state index contributed by atoms with van der Waals surface area (Å²) in [6, 6.07) is 22.3. The SMILES string of the molecule is Cc1ccc(COc2ccccc2/C=N/Nc2cccc(C(=O)O)c2)cc1. The number of carbonyl (C=O) groups is 1. The molecule has 27 heavy (non-hydrogen) atoms. The Balaban J connectivity index is 1.66. The highest BCUT2D eigenvalue weighted by molar-refractivity contribution is 5.89. The monoisotopic (exact) mass is 360 g/mol. The summed E-state index contributed by atoms with van der Waals surface area (Å²) in [5.74, 6) is -0.250. The molecule has 0 aliphatic carbocycles. The van der Waals surface area contributed by atoms with Crippen LogP contribution >= 0.6 is 0 Å². The predicted molar refractivity (Wildman–Crippen MR) is 107 cm³/mol. The predicted octanol–water partition coefficient (Wildman–Crippen LogP) is 4.72. The van der Waals surface area contributed by atoms with Gasteiger partial charge in [0.2, 0.25) is 0 Å². The van der Waals surface area contributed by atoms with Crippen LogP contribution in [0.2, 0.25) is 0 Å². The first kappa shape index (κ1) is 18.2. The molecule has 0 spiro atoms. The molecule has 0 saturated carbocycles. The second-order valence-corrected chi connectivity index (χ2v) is 6.07. The summed E-state index contributed by atoms with van der Waals surface area (Å²) in [7, 11) is 0. The third kappa shape index (κ3) is 5.19. The normalized spacial score (nSPS) is 10.7. The number of aryl methyl sites for hydroxylation is 1. The van der Waals surface area contributed by atoms with Gasteiger partial charge in [0.25, 0.3) is 0 Å². The summed E-state index contributed by atoms with van der Waals surface area (Å²) < 4.78 is 5.92. The van der Waals surface area contributed by atoms with Crippen LogP contribution in [0.5, 0.6) is 5.75 Å². The van der Waals surface area contributed by atoms with E-state index in [2.05, 4.69) is 29.6 Å². The van der Waals surface area contributed by atoms with Crippen LogP contribution in [0.15, 0.2) is 77.9 Å². The van der Waals surface area contributed by atoms with Crippen molar-refractivity contribution in [1.29, 1.82) is 0 Å². The highest BCUT2D eigenvalue weighted by Crippen LogP contribution is 2.18. The second-order valence-electron chi connectivity index (χ2n) is 6.07. The molecule has 136 valence electrons. The maximum atomic E-state index is 11.0. The first-order chi connectivity index (χ1) is 13.1. The Morgan fingerprint density at radius 1 is 1.07 bits per heavy atom. The molecule has 0 aliphatic heterocycles. The fourth-order valence-corrected chi connectivity index (χ4v) is 2.46. The van der Waals surface area contributed by atoms with E-state index in [0.717, 1.165) is 16.9 Å². The minimum absolute atomic E-state index is 0.206. The molecular formula is C22H20N2O3. The van der Waals surface area contributed by atoms with E-state index in [9.17, 15) is 4.79 Å². The van der Waals surface area contributed by atoms with Crippen LogP contribution in [0.25, 0.3) is 0 Å². The Hall–Kier alpha value is -3.60. The van der Waals surface area contributed by atoms with E-state index in [4.69, 9.17) is 9.84 Å².